The van der Waals surface area contributed by atoms with Crippen molar-refractivity contribution in [3.05, 3.63) is 48.2 Å². The van der Waals surface area contributed by atoms with Gasteiger partial charge in [0.1, 0.15) is 12.2 Å². The molecule has 0 aliphatic carbocycles. The normalized spacial score (nSPS) is 11.3. The quantitative estimate of drug-likeness (QED) is 0.773. The number of hydrogen-bond donors (Lipinski definition) is 1. The number of aryl methyl sites for hydroxylation is 1. The lowest BCUT2D eigenvalue weighted by Crippen LogP contribution is -2.10. The standard InChI is InChI=1S/C15H18N4O/c1-2-7-19-14(16-11-17-19)9-18-8-6-12-4-3-5-13(10-20)15(12)18/h3-6,8,11,20H,2,7,9-10H2,1H3. The fourth-order valence-electron chi connectivity index (χ4n) is 2.56. The molecule has 3 aromatic rings. The van der Waals surface area contributed by atoms with E-state index >= 15 is 0 Å². The largest absolute Gasteiger partial charge is 0.392 e. The summed E-state index contributed by atoms with van der Waals surface area (Å²) < 4.78 is 4.06. The molecule has 0 unspecified atom stereocenters. The lowest BCUT2D eigenvalue weighted by atomic mass is 10.1. The molecule has 3 rings (SSSR count). The second-order valence-electron chi connectivity index (χ2n) is 4.86. The van der Waals surface area contributed by atoms with Crippen LogP contribution in [0.1, 0.15) is 24.7 Å². The smallest absolute Gasteiger partial charge is 0.146 e. The summed E-state index contributed by atoms with van der Waals surface area (Å²) in [4.78, 5) is 4.34. The number of rotatable bonds is 5. The summed E-state index contributed by atoms with van der Waals surface area (Å²) in [7, 11) is 0. The van der Waals surface area contributed by atoms with Gasteiger partial charge in [-0.2, -0.15) is 5.10 Å². The van der Waals surface area contributed by atoms with Gasteiger partial charge in [-0.05, 0) is 17.9 Å². The molecule has 1 N–H and O–H groups in total. The number of aliphatic hydroxyl groups excluding tert-OH is 1. The van der Waals surface area contributed by atoms with E-state index in [9.17, 15) is 5.11 Å². The lowest BCUT2D eigenvalue weighted by molar-refractivity contribution is 0.283. The summed E-state index contributed by atoms with van der Waals surface area (Å²) in [6, 6.07) is 8.05. The van der Waals surface area contributed by atoms with Crippen LogP contribution in [-0.4, -0.2) is 24.4 Å². The average molecular weight is 270 g/mol. The first kappa shape index (κ1) is 12.9. The number of para-hydroxylation sites is 1. The summed E-state index contributed by atoms with van der Waals surface area (Å²) in [6.07, 6.45) is 4.67. The number of benzene rings is 1. The topological polar surface area (TPSA) is 55.9 Å². The predicted molar refractivity (Wildman–Crippen MR) is 77.3 cm³/mol. The molecule has 5 nitrogen and oxygen atoms in total. The molecule has 0 saturated carbocycles. The second-order valence-corrected chi connectivity index (χ2v) is 4.86. The Labute approximate surface area is 117 Å². The van der Waals surface area contributed by atoms with Gasteiger partial charge in [0.2, 0.25) is 0 Å². The molecule has 0 fully saturated rings. The van der Waals surface area contributed by atoms with Gasteiger partial charge < -0.3 is 9.67 Å². The SMILES string of the molecule is CCCn1ncnc1Cn1ccc2cccc(CO)c21. The van der Waals surface area contributed by atoms with Crippen molar-refractivity contribution in [3.8, 4) is 0 Å². The van der Waals surface area contributed by atoms with Gasteiger partial charge in [-0.3, -0.25) is 0 Å². The van der Waals surface area contributed by atoms with Crippen molar-refractivity contribution < 1.29 is 5.11 Å². The summed E-state index contributed by atoms with van der Waals surface area (Å²) >= 11 is 0. The van der Waals surface area contributed by atoms with Crippen LogP contribution in [0.2, 0.25) is 0 Å². The lowest BCUT2D eigenvalue weighted by Gasteiger charge is -2.09. The zero-order chi connectivity index (χ0) is 13.9. The van der Waals surface area contributed by atoms with E-state index in [1.165, 1.54) is 0 Å². The van der Waals surface area contributed by atoms with Crippen LogP contribution in [0.5, 0.6) is 0 Å². The van der Waals surface area contributed by atoms with E-state index in [0.717, 1.165) is 35.3 Å². The average Bonchev–Trinajstić information content (AvgIpc) is 3.07. The maximum Gasteiger partial charge on any atom is 0.146 e. The molecule has 0 aliphatic heterocycles. The van der Waals surface area contributed by atoms with E-state index in [1.54, 1.807) is 6.33 Å². The van der Waals surface area contributed by atoms with E-state index in [-0.39, 0.29) is 6.61 Å². The van der Waals surface area contributed by atoms with E-state index in [2.05, 4.69) is 33.7 Å². The predicted octanol–water partition coefficient (Wildman–Crippen LogP) is 2.18. The molecule has 0 radical (unpaired) electrons. The third-order valence-electron chi connectivity index (χ3n) is 3.49. The monoisotopic (exact) mass is 270 g/mol. The van der Waals surface area contributed by atoms with Crippen LogP contribution in [0.4, 0.5) is 0 Å². The molecule has 0 atom stereocenters. The highest BCUT2D eigenvalue weighted by Crippen LogP contribution is 2.21. The minimum Gasteiger partial charge on any atom is -0.392 e. The molecular weight excluding hydrogens is 252 g/mol. The van der Waals surface area contributed by atoms with Gasteiger partial charge in [-0.15, -0.1) is 0 Å². The van der Waals surface area contributed by atoms with Crippen molar-refractivity contribution in [1.29, 1.82) is 0 Å². The van der Waals surface area contributed by atoms with Crippen molar-refractivity contribution >= 4 is 10.9 Å². The third-order valence-corrected chi connectivity index (χ3v) is 3.49. The number of aliphatic hydroxyl groups is 1. The zero-order valence-corrected chi connectivity index (χ0v) is 11.5. The Morgan fingerprint density at radius 3 is 2.95 bits per heavy atom. The Morgan fingerprint density at radius 1 is 1.25 bits per heavy atom. The van der Waals surface area contributed by atoms with Crippen molar-refractivity contribution in [3.63, 3.8) is 0 Å². The molecule has 0 saturated heterocycles. The molecule has 5 heteroatoms. The van der Waals surface area contributed by atoms with Gasteiger partial charge in [0.15, 0.2) is 0 Å². The van der Waals surface area contributed by atoms with E-state index in [1.807, 2.05) is 23.0 Å². The summed E-state index contributed by atoms with van der Waals surface area (Å²) in [6.45, 7) is 3.71. The van der Waals surface area contributed by atoms with Gasteiger partial charge >= 0.3 is 0 Å². The summed E-state index contributed by atoms with van der Waals surface area (Å²) in [5.41, 5.74) is 2.01. The fourth-order valence-corrected chi connectivity index (χ4v) is 2.56. The van der Waals surface area contributed by atoms with Crippen LogP contribution in [0.15, 0.2) is 36.8 Å². The van der Waals surface area contributed by atoms with Crippen molar-refractivity contribution in [1.82, 2.24) is 19.3 Å². The molecule has 0 amide bonds. The Balaban J connectivity index is 2.00. The van der Waals surface area contributed by atoms with Gasteiger partial charge in [-0.1, -0.05) is 25.1 Å². The fraction of sp³-hybridized carbons (Fsp3) is 0.333. The first-order chi connectivity index (χ1) is 9.83. The summed E-state index contributed by atoms with van der Waals surface area (Å²) in [5.74, 6) is 0.942. The highest BCUT2D eigenvalue weighted by Gasteiger charge is 2.09. The minimum absolute atomic E-state index is 0.0446. The molecular formula is C15H18N4O. The van der Waals surface area contributed by atoms with Crippen LogP contribution < -0.4 is 0 Å². The van der Waals surface area contributed by atoms with Crippen LogP contribution in [0.25, 0.3) is 10.9 Å². The van der Waals surface area contributed by atoms with Gasteiger partial charge in [0.25, 0.3) is 0 Å². The zero-order valence-electron chi connectivity index (χ0n) is 11.5. The maximum absolute atomic E-state index is 9.50. The van der Waals surface area contributed by atoms with E-state index in [4.69, 9.17) is 0 Å². The Kier molecular flexibility index (Phi) is 3.52. The molecule has 0 spiro atoms. The van der Waals surface area contributed by atoms with Crippen LogP contribution in [-0.2, 0) is 19.7 Å². The molecule has 0 aliphatic rings. The van der Waals surface area contributed by atoms with Crippen LogP contribution in [0.3, 0.4) is 0 Å². The Hall–Kier alpha value is -2.14. The van der Waals surface area contributed by atoms with Gasteiger partial charge in [0.05, 0.1) is 18.7 Å². The number of fused-ring (bicyclic) bond motifs is 1. The summed E-state index contributed by atoms with van der Waals surface area (Å²) in [5, 5.41) is 14.9. The second kappa shape index (κ2) is 5.46. The first-order valence-corrected chi connectivity index (χ1v) is 6.87. The van der Waals surface area contributed by atoms with Crippen molar-refractivity contribution in [2.75, 3.05) is 0 Å². The number of aromatic nitrogens is 4. The number of nitrogens with zero attached hydrogens (tertiary/aromatic N) is 4. The highest BCUT2D eigenvalue weighted by atomic mass is 16.3. The maximum atomic E-state index is 9.50. The number of hydrogen-bond acceptors (Lipinski definition) is 3. The van der Waals surface area contributed by atoms with Gasteiger partial charge in [-0.25, -0.2) is 9.67 Å². The van der Waals surface area contributed by atoms with E-state index in [0.29, 0.717) is 6.54 Å². The Morgan fingerprint density at radius 2 is 2.15 bits per heavy atom. The third kappa shape index (κ3) is 2.20. The Bertz CT molecular complexity index is 714. The molecule has 20 heavy (non-hydrogen) atoms. The molecule has 0 bridgehead atoms. The molecule has 2 aromatic heterocycles. The molecule has 1 aromatic carbocycles. The first-order valence-electron chi connectivity index (χ1n) is 6.87. The molecule has 2 heterocycles. The van der Waals surface area contributed by atoms with Crippen LogP contribution in [0, 0.1) is 0 Å². The van der Waals surface area contributed by atoms with E-state index < -0.39 is 0 Å². The highest BCUT2D eigenvalue weighted by molar-refractivity contribution is 5.83. The minimum atomic E-state index is 0.0446. The molecule has 104 valence electrons. The van der Waals surface area contributed by atoms with Crippen molar-refractivity contribution in [2.24, 2.45) is 0 Å². The van der Waals surface area contributed by atoms with Gasteiger partial charge in [0, 0.05) is 18.3 Å². The van der Waals surface area contributed by atoms with Crippen LogP contribution >= 0.6 is 0 Å². The van der Waals surface area contributed by atoms with Crippen molar-refractivity contribution in [2.45, 2.75) is 33.0 Å².